The number of thiazole rings is 1. The van der Waals surface area contributed by atoms with Crippen LogP contribution in [0.25, 0.3) is 0 Å². The second-order valence-electron chi connectivity index (χ2n) is 4.49. The van der Waals surface area contributed by atoms with Crippen LogP contribution in [0.15, 0.2) is 0 Å². The molecular formula is C13H18N4O2S. The SMILES string of the molecule is CCn1nc(C)c(N)c1C(=O)OCc1nc(C)c(C)s1. The molecule has 0 spiro atoms. The summed E-state index contributed by atoms with van der Waals surface area (Å²) < 4.78 is 6.85. The highest BCUT2D eigenvalue weighted by Gasteiger charge is 2.21. The van der Waals surface area contributed by atoms with E-state index in [4.69, 9.17) is 10.5 Å². The summed E-state index contributed by atoms with van der Waals surface area (Å²) >= 11 is 1.53. The third-order valence-electron chi connectivity index (χ3n) is 3.07. The first-order valence-electron chi connectivity index (χ1n) is 6.37. The van der Waals surface area contributed by atoms with Gasteiger partial charge in [-0.1, -0.05) is 0 Å². The van der Waals surface area contributed by atoms with Gasteiger partial charge in [0.05, 0.1) is 17.1 Å². The van der Waals surface area contributed by atoms with Crippen molar-refractivity contribution >= 4 is 23.0 Å². The molecule has 2 rings (SSSR count). The van der Waals surface area contributed by atoms with Crippen LogP contribution in [0, 0.1) is 20.8 Å². The molecular weight excluding hydrogens is 276 g/mol. The molecule has 2 N–H and O–H groups in total. The van der Waals surface area contributed by atoms with Crippen molar-refractivity contribution in [2.75, 3.05) is 5.73 Å². The van der Waals surface area contributed by atoms with E-state index in [-0.39, 0.29) is 6.61 Å². The average molecular weight is 294 g/mol. The van der Waals surface area contributed by atoms with E-state index in [0.29, 0.717) is 23.6 Å². The van der Waals surface area contributed by atoms with Crippen molar-refractivity contribution in [3.8, 4) is 0 Å². The predicted octanol–water partition coefficient (Wildman–Crippen LogP) is 2.22. The first-order chi connectivity index (χ1) is 9.43. The molecule has 2 aromatic rings. The topological polar surface area (TPSA) is 83.0 Å². The minimum Gasteiger partial charge on any atom is -0.454 e. The summed E-state index contributed by atoms with van der Waals surface area (Å²) in [7, 11) is 0. The van der Waals surface area contributed by atoms with E-state index < -0.39 is 5.97 Å². The van der Waals surface area contributed by atoms with E-state index in [9.17, 15) is 4.79 Å². The molecule has 7 heteroatoms. The fraction of sp³-hybridized carbons (Fsp3) is 0.462. The number of nitrogens with two attached hydrogens (primary N) is 1. The van der Waals surface area contributed by atoms with Crippen LogP contribution in [-0.4, -0.2) is 20.7 Å². The van der Waals surface area contributed by atoms with E-state index >= 15 is 0 Å². The molecule has 2 heterocycles. The highest BCUT2D eigenvalue weighted by molar-refractivity contribution is 7.11. The van der Waals surface area contributed by atoms with Gasteiger partial charge in [0.15, 0.2) is 5.69 Å². The Balaban J connectivity index is 2.12. The minimum atomic E-state index is -0.463. The van der Waals surface area contributed by atoms with Gasteiger partial charge >= 0.3 is 5.97 Å². The molecule has 0 radical (unpaired) electrons. The van der Waals surface area contributed by atoms with Crippen molar-refractivity contribution in [3.63, 3.8) is 0 Å². The molecule has 0 unspecified atom stereocenters. The number of nitrogens with zero attached hydrogens (tertiary/aromatic N) is 3. The monoisotopic (exact) mass is 294 g/mol. The lowest BCUT2D eigenvalue weighted by molar-refractivity contribution is 0.0459. The maximum absolute atomic E-state index is 12.1. The molecule has 20 heavy (non-hydrogen) atoms. The van der Waals surface area contributed by atoms with Gasteiger partial charge in [-0.15, -0.1) is 11.3 Å². The number of anilines is 1. The lowest BCUT2D eigenvalue weighted by atomic mass is 10.3. The van der Waals surface area contributed by atoms with Gasteiger partial charge in [-0.05, 0) is 27.7 Å². The molecule has 0 amide bonds. The van der Waals surface area contributed by atoms with E-state index in [1.54, 1.807) is 11.6 Å². The molecule has 0 aliphatic heterocycles. The van der Waals surface area contributed by atoms with Crippen LogP contribution < -0.4 is 5.73 Å². The number of aromatic nitrogens is 3. The second kappa shape index (κ2) is 5.62. The molecule has 0 saturated heterocycles. The summed E-state index contributed by atoms with van der Waals surface area (Å²) in [6.07, 6.45) is 0. The minimum absolute atomic E-state index is 0.158. The van der Waals surface area contributed by atoms with E-state index in [1.165, 1.54) is 11.3 Å². The zero-order valence-electron chi connectivity index (χ0n) is 12.1. The Morgan fingerprint density at radius 2 is 2.05 bits per heavy atom. The number of aryl methyl sites for hydroxylation is 4. The van der Waals surface area contributed by atoms with Gasteiger partial charge in [-0.25, -0.2) is 9.78 Å². The quantitative estimate of drug-likeness (QED) is 0.874. The number of esters is 1. The van der Waals surface area contributed by atoms with Gasteiger partial charge in [-0.2, -0.15) is 5.10 Å². The molecule has 0 saturated carbocycles. The lowest BCUT2D eigenvalue weighted by Crippen LogP contribution is -2.14. The summed E-state index contributed by atoms with van der Waals surface area (Å²) in [5, 5.41) is 4.98. The second-order valence-corrected chi connectivity index (χ2v) is 5.78. The number of carbonyl (C=O) groups excluding carboxylic acids is 1. The number of hydrogen-bond donors (Lipinski definition) is 1. The van der Waals surface area contributed by atoms with E-state index in [0.717, 1.165) is 15.6 Å². The van der Waals surface area contributed by atoms with Gasteiger partial charge < -0.3 is 10.5 Å². The zero-order chi connectivity index (χ0) is 14.9. The number of hydrogen-bond acceptors (Lipinski definition) is 6. The number of nitrogen functional groups attached to an aromatic ring is 1. The van der Waals surface area contributed by atoms with Crippen molar-refractivity contribution in [2.45, 2.75) is 40.8 Å². The zero-order valence-corrected chi connectivity index (χ0v) is 12.9. The summed E-state index contributed by atoms with van der Waals surface area (Å²) in [4.78, 5) is 17.6. The number of ether oxygens (including phenoxy) is 1. The van der Waals surface area contributed by atoms with Crippen molar-refractivity contribution in [3.05, 3.63) is 27.0 Å². The van der Waals surface area contributed by atoms with Crippen LogP contribution in [0.4, 0.5) is 5.69 Å². The first-order valence-corrected chi connectivity index (χ1v) is 7.18. The molecule has 0 fully saturated rings. The van der Waals surface area contributed by atoms with Crippen LogP contribution in [0.1, 0.15) is 38.7 Å². The van der Waals surface area contributed by atoms with Crippen molar-refractivity contribution in [2.24, 2.45) is 0 Å². The first kappa shape index (κ1) is 14.5. The molecule has 0 aliphatic carbocycles. The average Bonchev–Trinajstić information content (AvgIpc) is 2.88. The molecule has 0 atom stereocenters. The van der Waals surface area contributed by atoms with Gasteiger partial charge in [-0.3, -0.25) is 4.68 Å². The van der Waals surface area contributed by atoms with Gasteiger partial charge in [0.2, 0.25) is 0 Å². The molecule has 6 nitrogen and oxygen atoms in total. The third kappa shape index (κ3) is 2.67. The largest absolute Gasteiger partial charge is 0.454 e. The van der Waals surface area contributed by atoms with Crippen LogP contribution >= 0.6 is 11.3 Å². The van der Waals surface area contributed by atoms with Crippen molar-refractivity contribution in [1.82, 2.24) is 14.8 Å². The Morgan fingerprint density at radius 1 is 1.35 bits per heavy atom. The molecule has 0 bridgehead atoms. The summed E-state index contributed by atoms with van der Waals surface area (Å²) in [6, 6.07) is 0. The maximum Gasteiger partial charge on any atom is 0.359 e. The Bertz CT molecular complexity index is 626. The highest BCUT2D eigenvalue weighted by atomic mass is 32.1. The highest BCUT2D eigenvalue weighted by Crippen LogP contribution is 2.20. The molecule has 2 aromatic heterocycles. The summed E-state index contributed by atoms with van der Waals surface area (Å²) in [6.45, 7) is 8.32. The maximum atomic E-state index is 12.1. The number of rotatable bonds is 4. The third-order valence-corrected chi connectivity index (χ3v) is 4.11. The predicted molar refractivity (Wildman–Crippen MR) is 77.8 cm³/mol. The van der Waals surface area contributed by atoms with E-state index in [2.05, 4.69) is 10.1 Å². The lowest BCUT2D eigenvalue weighted by Gasteiger charge is -2.05. The van der Waals surface area contributed by atoms with Crippen LogP contribution in [0.2, 0.25) is 0 Å². The molecule has 0 aliphatic rings. The molecule has 108 valence electrons. The van der Waals surface area contributed by atoms with Crippen LogP contribution in [-0.2, 0) is 17.9 Å². The fourth-order valence-corrected chi connectivity index (χ4v) is 2.68. The van der Waals surface area contributed by atoms with Gasteiger partial charge in [0, 0.05) is 11.4 Å². The molecule has 0 aromatic carbocycles. The number of carbonyl (C=O) groups is 1. The van der Waals surface area contributed by atoms with Gasteiger partial charge in [0.25, 0.3) is 0 Å². The van der Waals surface area contributed by atoms with Gasteiger partial charge in [0.1, 0.15) is 11.6 Å². The summed E-state index contributed by atoms with van der Waals surface area (Å²) in [5.74, 6) is -0.463. The Hall–Kier alpha value is -1.89. The van der Waals surface area contributed by atoms with Crippen molar-refractivity contribution < 1.29 is 9.53 Å². The standard InChI is InChI=1S/C13H18N4O2S/c1-5-17-12(11(14)8(3)16-17)13(18)19-6-10-15-7(2)9(4)20-10/h5-6,14H2,1-4H3. The van der Waals surface area contributed by atoms with Crippen molar-refractivity contribution in [1.29, 1.82) is 0 Å². The Kier molecular flexibility index (Phi) is 4.08. The fourth-order valence-electron chi connectivity index (χ4n) is 1.84. The Labute approximate surface area is 121 Å². The van der Waals surface area contributed by atoms with Crippen LogP contribution in [0.3, 0.4) is 0 Å². The smallest absolute Gasteiger partial charge is 0.359 e. The Morgan fingerprint density at radius 3 is 2.60 bits per heavy atom. The normalized spacial score (nSPS) is 10.8. The van der Waals surface area contributed by atoms with E-state index in [1.807, 2.05) is 20.8 Å². The van der Waals surface area contributed by atoms with Crippen LogP contribution in [0.5, 0.6) is 0 Å². The summed E-state index contributed by atoms with van der Waals surface area (Å²) in [5.41, 5.74) is 8.18.